The van der Waals surface area contributed by atoms with Crippen molar-refractivity contribution >= 4 is 5.91 Å². The standard InChI is InChI=1S/C17H31N3O/c1-19(14-6-3-2-4-7-14)17(21)16-8-5-13-20(16)15-9-11-18-12-10-15/h14-16,18H,2-13H2,1H3. The summed E-state index contributed by atoms with van der Waals surface area (Å²) in [5.74, 6) is 0.401. The van der Waals surface area contributed by atoms with Crippen LogP contribution in [0.5, 0.6) is 0 Å². The van der Waals surface area contributed by atoms with Gasteiger partial charge < -0.3 is 10.2 Å². The zero-order valence-corrected chi connectivity index (χ0v) is 13.5. The highest BCUT2D eigenvalue weighted by Crippen LogP contribution is 2.28. The van der Waals surface area contributed by atoms with Gasteiger partial charge in [0.05, 0.1) is 6.04 Å². The van der Waals surface area contributed by atoms with Crippen molar-refractivity contribution < 1.29 is 4.79 Å². The first-order chi connectivity index (χ1) is 10.3. The Morgan fingerprint density at radius 2 is 1.71 bits per heavy atom. The molecular formula is C17H31N3O. The Hall–Kier alpha value is -0.610. The van der Waals surface area contributed by atoms with E-state index in [1.54, 1.807) is 0 Å². The molecule has 0 spiro atoms. The van der Waals surface area contributed by atoms with Crippen LogP contribution >= 0.6 is 0 Å². The summed E-state index contributed by atoms with van der Waals surface area (Å²) < 4.78 is 0. The Balaban J connectivity index is 1.61. The van der Waals surface area contributed by atoms with Crippen LogP contribution in [0.4, 0.5) is 0 Å². The molecule has 3 fully saturated rings. The minimum atomic E-state index is 0.167. The molecular weight excluding hydrogens is 262 g/mol. The van der Waals surface area contributed by atoms with Gasteiger partial charge in [-0.2, -0.15) is 0 Å². The SMILES string of the molecule is CN(C(=O)C1CCCN1C1CCNCC1)C1CCCCC1. The van der Waals surface area contributed by atoms with Crippen molar-refractivity contribution in [1.82, 2.24) is 15.1 Å². The largest absolute Gasteiger partial charge is 0.341 e. The first-order valence-electron chi connectivity index (χ1n) is 9.00. The number of carbonyl (C=O) groups is 1. The van der Waals surface area contributed by atoms with E-state index < -0.39 is 0 Å². The summed E-state index contributed by atoms with van der Waals surface area (Å²) in [7, 11) is 2.05. The lowest BCUT2D eigenvalue weighted by atomic mass is 9.94. The number of nitrogens with zero attached hydrogens (tertiary/aromatic N) is 2. The second-order valence-corrected chi connectivity index (χ2v) is 7.12. The molecule has 1 N–H and O–H groups in total. The molecule has 3 aliphatic rings. The molecule has 21 heavy (non-hydrogen) atoms. The van der Waals surface area contributed by atoms with Crippen LogP contribution in [0.3, 0.4) is 0 Å². The third-order valence-corrected chi connectivity index (χ3v) is 5.83. The van der Waals surface area contributed by atoms with E-state index in [-0.39, 0.29) is 6.04 Å². The van der Waals surface area contributed by atoms with Gasteiger partial charge in [0.25, 0.3) is 0 Å². The van der Waals surface area contributed by atoms with E-state index in [0.29, 0.717) is 18.0 Å². The molecule has 1 aliphatic carbocycles. The predicted molar refractivity (Wildman–Crippen MR) is 85.3 cm³/mol. The molecule has 0 aromatic rings. The quantitative estimate of drug-likeness (QED) is 0.864. The monoisotopic (exact) mass is 293 g/mol. The van der Waals surface area contributed by atoms with Gasteiger partial charge in [-0.1, -0.05) is 19.3 Å². The smallest absolute Gasteiger partial charge is 0.239 e. The number of piperidine rings is 1. The lowest BCUT2D eigenvalue weighted by molar-refractivity contribution is -0.138. The molecule has 2 heterocycles. The van der Waals surface area contributed by atoms with Crippen LogP contribution in [-0.4, -0.2) is 60.5 Å². The van der Waals surface area contributed by atoms with Crippen LogP contribution in [0, 0.1) is 0 Å². The molecule has 1 saturated carbocycles. The van der Waals surface area contributed by atoms with Crippen molar-refractivity contribution in [2.45, 2.75) is 75.9 Å². The summed E-state index contributed by atoms with van der Waals surface area (Å²) in [5, 5.41) is 3.43. The number of hydrogen-bond donors (Lipinski definition) is 1. The Bertz CT molecular complexity index is 348. The maximum absolute atomic E-state index is 13.0. The predicted octanol–water partition coefficient (Wildman–Crippen LogP) is 1.99. The summed E-state index contributed by atoms with van der Waals surface area (Å²) in [6, 6.07) is 1.30. The maximum atomic E-state index is 13.0. The van der Waals surface area contributed by atoms with Crippen LogP contribution in [0.1, 0.15) is 57.8 Å². The Morgan fingerprint density at radius 3 is 2.43 bits per heavy atom. The summed E-state index contributed by atoms with van der Waals surface area (Å²) in [6.07, 6.45) is 11.0. The molecule has 0 aromatic carbocycles. The summed E-state index contributed by atoms with van der Waals surface area (Å²) >= 11 is 0. The molecule has 4 nitrogen and oxygen atoms in total. The van der Waals surface area contributed by atoms with E-state index in [2.05, 4.69) is 22.2 Å². The minimum absolute atomic E-state index is 0.167. The van der Waals surface area contributed by atoms with Crippen LogP contribution in [0.15, 0.2) is 0 Å². The van der Waals surface area contributed by atoms with Gasteiger partial charge in [-0.25, -0.2) is 0 Å². The van der Waals surface area contributed by atoms with Crippen molar-refractivity contribution in [1.29, 1.82) is 0 Å². The number of hydrogen-bond acceptors (Lipinski definition) is 3. The molecule has 1 unspecified atom stereocenters. The van der Waals surface area contributed by atoms with E-state index in [9.17, 15) is 4.79 Å². The van der Waals surface area contributed by atoms with Gasteiger partial charge in [0.1, 0.15) is 0 Å². The van der Waals surface area contributed by atoms with Gasteiger partial charge >= 0.3 is 0 Å². The molecule has 2 aliphatic heterocycles. The third kappa shape index (κ3) is 3.42. The third-order valence-electron chi connectivity index (χ3n) is 5.83. The van der Waals surface area contributed by atoms with Gasteiger partial charge in [-0.3, -0.25) is 9.69 Å². The molecule has 4 heteroatoms. The van der Waals surface area contributed by atoms with E-state index in [0.717, 1.165) is 26.1 Å². The van der Waals surface area contributed by atoms with Crippen LogP contribution in [0.25, 0.3) is 0 Å². The number of likely N-dealkylation sites (N-methyl/N-ethyl adjacent to an activating group) is 1. The Labute approximate surface area is 129 Å². The van der Waals surface area contributed by atoms with Gasteiger partial charge in [0.15, 0.2) is 0 Å². The summed E-state index contributed by atoms with van der Waals surface area (Å²) in [5.41, 5.74) is 0. The zero-order valence-electron chi connectivity index (χ0n) is 13.5. The average molecular weight is 293 g/mol. The summed E-state index contributed by atoms with van der Waals surface area (Å²) in [6.45, 7) is 3.35. The zero-order chi connectivity index (χ0) is 14.7. The van der Waals surface area contributed by atoms with Crippen LogP contribution in [0.2, 0.25) is 0 Å². The van der Waals surface area contributed by atoms with Gasteiger partial charge in [-0.15, -0.1) is 0 Å². The Morgan fingerprint density at radius 1 is 1.00 bits per heavy atom. The fraction of sp³-hybridized carbons (Fsp3) is 0.941. The van der Waals surface area contributed by atoms with Crippen molar-refractivity contribution in [2.24, 2.45) is 0 Å². The lowest BCUT2D eigenvalue weighted by Crippen LogP contribution is -2.53. The number of carbonyl (C=O) groups excluding carboxylic acids is 1. The van der Waals surface area contributed by atoms with Crippen molar-refractivity contribution in [3.8, 4) is 0 Å². The molecule has 2 saturated heterocycles. The fourth-order valence-corrected chi connectivity index (χ4v) is 4.51. The molecule has 1 amide bonds. The van der Waals surface area contributed by atoms with Gasteiger partial charge in [0.2, 0.25) is 5.91 Å². The highest BCUT2D eigenvalue weighted by Gasteiger charge is 2.38. The molecule has 0 aromatic heterocycles. The van der Waals surface area contributed by atoms with E-state index >= 15 is 0 Å². The maximum Gasteiger partial charge on any atom is 0.239 e. The fourth-order valence-electron chi connectivity index (χ4n) is 4.51. The van der Waals surface area contributed by atoms with E-state index in [1.807, 2.05) is 0 Å². The minimum Gasteiger partial charge on any atom is -0.341 e. The van der Waals surface area contributed by atoms with Gasteiger partial charge in [-0.05, 0) is 58.2 Å². The number of rotatable bonds is 3. The first kappa shape index (κ1) is 15.3. The highest BCUT2D eigenvalue weighted by atomic mass is 16.2. The topological polar surface area (TPSA) is 35.6 Å². The van der Waals surface area contributed by atoms with Crippen molar-refractivity contribution in [3.05, 3.63) is 0 Å². The highest BCUT2D eigenvalue weighted by molar-refractivity contribution is 5.82. The van der Waals surface area contributed by atoms with Gasteiger partial charge in [0, 0.05) is 19.1 Å². The first-order valence-corrected chi connectivity index (χ1v) is 9.00. The van der Waals surface area contributed by atoms with E-state index in [4.69, 9.17) is 0 Å². The number of nitrogens with one attached hydrogen (secondary N) is 1. The Kier molecular flexibility index (Phi) is 5.17. The van der Waals surface area contributed by atoms with Crippen molar-refractivity contribution in [3.63, 3.8) is 0 Å². The molecule has 0 radical (unpaired) electrons. The normalized spacial score (nSPS) is 29.7. The number of amides is 1. The lowest BCUT2D eigenvalue weighted by Gasteiger charge is -2.39. The van der Waals surface area contributed by atoms with E-state index in [1.165, 1.54) is 51.4 Å². The molecule has 0 bridgehead atoms. The second-order valence-electron chi connectivity index (χ2n) is 7.12. The van der Waals surface area contributed by atoms with Crippen LogP contribution < -0.4 is 5.32 Å². The average Bonchev–Trinajstić information content (AvgIpc) is 3.04. The molecule has 3 rings (SSSR count). The van der Waals surface area contributed by atoms with Crippen molar-refractivity contribution in [2.75, 3.05) is 26.7 Å². The summed E-state index contributed by atoms with van der Waals surface area (Å²) in [4.78, 5) is 17.6. The molecule has 120 valence electrons. The van der Waals surface area contributed by atoms with Crippen LogP contribution in [-0.2, 0) is 4.79 Å². The molecule has 1 atom stereocenters. The second kappa shape index (κ2) is 7.10. The number of likely N-dealkylation sites (tertiary alicyclic amines) is 1.